The predicted octanol–water partition coefficient (Wildman–Crippen LogP) is 0.922. The van der Waals surface area contributed by atoms with Gasteiger partial charge in [0.25, 0.3) is 5.91 Å². The summed E-state index contributed by atoms with van der Waals surface area (Å²) in [7, 11) is -3.64. The number of carbonyl (C=O) groups is 1. The second-order valence-corrected chi connectivity index (χ2v) is 8.48. The minimum absolute atomic E-state index is 0.137. The normalized spacial score (nSPS) is 21.9. The summed E-state index contributed by atoms with van der Waals surface area (Å²) in [5, 5.41) is 0. The van der Waals surface area contributed by atoms with Gasteiger partial charge < -0.3 is 9.64 Å². The number of rotatable bonds is 6. The second kappa shape index (κ2) is 8.47. The first-order valence-corrected chi connectivity index (χ1v) is 10.7. The molecule has 1 aromatic carbocycles. The number of nitrogens with one attached hydrogen (secondary N) is 1. The second-order valence-electron chi connectivity index (χ2n) is 6.71. The third kappa shape index (κ3) is 4.43. The Kier molecular flexibility index (Phi) is 6.29. The van der Waals surface area contributed by atoms with Crippen molar-refractivity contribution in [3.8, 4) is 0 Å². The van der Waals surface area contributed by atoms with Gasteiger partial charge in [-0.05, 0) is 44.1 Å². The largest absolute Gasteiger partial charge is 0.378 e. The third-order valence-corrected chi connectivity index (χ3v) is 6.53. The molecule has 0 saturated carbocycles. The molecule has 1 unspecified atom stereocenters. The summed E-state index contributed by atoms with van der Waals surface area (Å²) in [4.78, 5) is 16.7. The Hall–Kier alpha value is -1.48. The van der Waals surface area contributed by atoms with Gasteiger partial charge in [-0.2, -0.15) is 0 Å². The lowest BCUT2D eigenvalue weighted by Crippen LogP contribution is -2.41. The van der Waals surface area contributed by atoms with Crippen LogP contribution in [0.4, 0.5) is 0 Å². The predicted molar refractivity (Wildman–Crippen MR) is 98.6 cm³/mol. The summed E-state index contributed by atoms with van der Waals surface area (Å²) in [5.41, 5.74) is 0.394. The lowest BCUT2D eigenvalue weighted by molar-refractivity contribution is 0.0302. The highest BCUT2D eigenvalue weighted by molar-refractivity contribution is 7.89. The van der Waals surface area contributed by atoms with Crippen LogP contribution in [-0.2, 0) is 14.8 Å². The first-order chi connectivity index (χ1) is 12.5. The van der Waals surface area contributed by atoms with E-state index in [9.17, 15) is 13.2 Å². The quantitative estimate of drug-likeness (QED) is 0.793. The van der Waals surface area contributed by atoms with Crippen molar-refractivity contribution in [2.75, 3.05) is 45.9 Å². The van der Waals surface area contributed by atoms with Crippen LogP contribution in [-0.4, -0.2) is 76.1 Å². The number of sulfonamides is 1. The number of morpholine rings is 1. The fraction of sp³-hybridized carbons (Fsp3) is 0.611. The van der Waals surface area contributed by atoms with Crippen molar-refractivity contribution >= 4 is 15.9 Å². The number of hydrogen-bond donors (Lipinski definition) is 1. The highest BCUT2D eigenvalue weighted by Crippen LogP contribution is 2.18. The summed E-state index contributed by atoms with van der Waals surface area (Å²) in [6.07, 6.45) is 2.11. The topological polar surface area (TPSA) is 79.0 Å². The molecule has 1 amide bonds. The van der Waals surface area contributed by atoms with Crippen LogP contribution in [0.3, 0.4) is 0 Å². The van der Waals surface area contributed by atoms with Crippen LogP contribution in [0.25, 0.3) is 0 Å². The number of ether oxygens (including phenoxy) is 1. The van der Waals surface area contributed by atoms with Gasteiger partial charge in [0.1, 0.15) is 0 Å². The first-order valence-electron chi connectivity index (χ1n) is 9.22. The molecule has 2 saturated heterocycles. The summed E-state index contributed by atoms with van der Waals surface area (Å²) >= 11 is 0. The maximum atomic E-state index is 12.7. The number of benzene rings is 1. The maximum Gasteiger partial charge on any atom is 0.254 e. The summed E-state index contributed by atoms with van der Waals surface area (Å²) in [6, 6.07) is 6.52. The van der Waals surface area contributed by atoms with E-state index < -0.39 is 10.0 Å². The fourth-order valence-electron chi connectivity index (χ4n) is 3.58. The summed E-state index contributed by atoms with van der Waals surface area (Å²) < 4.78 is 33.3. The van der Waals surface area contributed by atoms with Crippen LogP contribution in [0.2, 0.25) is 0 Å². The zero-order valence-electron chi connectivity index (χ0n) is 15.2. The molecule has 26 heavy (non-hydrogen) atoms. The first kappa shape index (κ1) is 19.3. The van der Waals surface area contributed by atoms with Crippen molar-refractivity contribution in [1.29, 1.82) is 0 Å². The molecule has 2 fully saturated rings. The lowest BCUT2D eigenvalue weighted by atomic mass is 10.2. The van der Waals surface area contributed by atoms with Gasteiger partial charge in [-0.3, -0.25) is 9.69 Å². The summed E-state index contributed by atoms with van der Waals surface area (Å²) in [6.45, 7) is 6.53. The molecule has 0 aliphatic carbocycles. The van der Waals surface area contributed by atoms with Crippen molar-refractivity contribution in [2.24, 2.45) is 0 Å². The van der Waals surface area contributed by atoms with Gasteiger partial charge in [0, 0.05) is 31.2 Å². The Balaban J connectivity index is 1.68. The van der Waals surface area contributed by atoms with Crippen LogP contribution in [0.1, 0.15) is 30.1 Å². The molecule has 1 aromatic rings. The molecular weight excluding hydrogens is 354 g/mol. The average molecular weight is 381 g/mol. The SMILES string of the molecule is CCN1CCCC1CNS(=O)(=O)c1cccc(C(=O)N2CCOCC2)c1. The highest BCUT2D eigenvalue weighted by Gasteiger charge is 2.26. The number of carbonyl (C=O) groups excluding carboxylic acids is 1. The van der Waals surface area contributed by atoms with Gasteiger partial charge in [-0.1, -0.05) is 13.0 Å². The van der Waals surface area contributed by atoms with Crippen molar-refractivity contribution in [2.45, 2.75) is 30.7 Å². The van der Waals surface area contributed by atoms with Crippen LogP contribution in [0.15, 0.2) is 29.2 Å². The van der Waals surface area contributed by atoms with Crippen molar-refractivity contribution < 1.29 is 17.9 Å². The number of hydrogen-bond acceptors (Lipinski definition) is 5. The molecule has 1 N–H and O–H groups in total. The molecule has 3 rings (SSSR count). The monoisotopic (exact) mass is 381 g/mol. The van der Waals surface area contributed by atoms with E-state index in [2.05, 4.69) is 16.5 Å². The molecule has 7 nitrogen and oxygen atoms in total. The Labute approximate surface area is 155 Å². The molecule has 2 aliphatic heterocycles. The number of likely N-dealkylation sites (tertiary alicyclic amines) is 1. The van der Waals surface area contributed by atoms with Gasteiger partial charge >= 0.3 is 0 Å². The van der Waals surface area contributed by atoms with Crippen LogP contribution >= 0.6 is 0 Å². The van der Waals surface area contributed by atoms with Gasteiger partial charge in [-0.25, -0.2) is 13.1 Å². The Morgan fingerprint density at radius 2 is 2.04 bits per heavy atom. The molecule has 2 heterocycles. The molecule has 144 valence electrons. The standard InChI is InChI=1S/C18H27N3O4S/c1-2-20-8-4-6-16(20)14-19-26(23,24)17-7-3-5-15(13-17)18(22)21-9-11-25-12-10-21/h3,5,7,13,16,19H,2,4,6,8-12,14H2,1H3. The van der Waals surface area contributed by atoms with Gasteiger partial charge in [-0.15, -0.1) is 0 Å². The van der Waals surface area contributed by atoms with E-state index >= 15 is 0 Å². The van der Waals surface area contributed by atoms with E-state index in [0.717, 1.165) is 25.9 Å². The van der Waals surface area contributed by atoms with Crippen LogP contribution in [0, 0.1) is 0 Å². The van der Waals surface area contributed by atoms with Gasteiger partial charge in [0.05, 0.1) is 18.1 Å². The fourth-order valence-corrected chi connectivity index (χ4v) is 4.70. The smallest absolute Gasteiger partial charge is 0.254 e. The van der Waals surface area contributed by atoms with E-state index in [1.807, 2.05) is 0 Å². The summed E-state index contributed by atoms with van der Waals surface area (Å²) in [5.74, 6) is -0.154. The van der Waals surface area contributed by atoms with Gasteiger partial charge in [0.2, 0.25) is 10.0 Å². The lowest BCUT2D eigenvalue weighted by Gasteiger charge is -2.27. The van der Waals surface area contributed by atoms with Gasteiger partial charge in [0.15, 0.2) is 0 Å². The zero-order chi connectivity index (χ0) is 18.6. The van der Waals surface area contributed by atoms with Crippen LogP contribution in [0.5, 0.6) is 0 Å². The van der Waals surface area contributed by atoms with Crippen molar-refractivity contribution in [3.63, 3.8) is 0 Å². The molecule has 0 radical (unpaired) electrons. The minimum atomic E-state index is -3.64. The molecule has 2 aliphatic rings. The molecule has 8 heteroatoms. The molecule has 1 atom stereocenters. The maximum absolute atomic E-state index is 12.7. The zero-order valence-corrected chi connectivity index (χ0v) is 16.0. The molecular formula is C18H27N3O4S. The molecule has 0 aromatic heterocycles. The van der Waals surface area contributed by atoms with E-state index in [1.165, 1.54) is 12.1 Å². The number of likely N-dealkylation sites (N-methyl/N-ethyl adjacent to an activating group) is 1. The molecule has 0 spiro atoms. The number of amides is 1. The third-order valence-electron chi connectivity index (χ3n) is 5.10. The van der Waals surface area contributed by atoms with E-state index in [1.54, 1.807) is 17.0 Å². The Morgan fingerprint density at radius 3 is 2.77 bits per heavy atom. The van der Waals surface area contributed by atoms with E-state index in [4.69, 9.17) is 4.74 Å². The minimum Gasteiger partial charge on any atom is -0.378 e. The van der Waals surface area contributed by atoms with E-state index in [0.29, 0.717) is 38.4 Å². The average Bonchev–Trinajstić information content (AvgIpc) is 3.14. The Bertz CT molecular complexity index is 732. The Morgan fingerprint density at radius 1 is 1.27 bits per heavy atom. The number of nitrogens with zero attached hydrogens (tertiary/aromatic N) is 2. The van der Waals surface area contributed by atoms with Crippen molar-refractivity contribution in [1.82, 2.24) is 14.5 Å². The van der Waals surface area contributed by atoms with Crippen molar-refractivity contribution in [3.05, 3.63) is 29.8 Å². The highest BCUT2D eigenvalue weighted by atomic mass is 32.2. The van der Waals surface area contributed by atoms with Crippen LogP contribution < -0.4 is 4.72 Å². The molecule has 0 bridgehead atoms. The van der Waals surface area contributed by atoms with E-state index in [-0.39, 0.29) is 16.8 Å².